The molecule has 0 fully saturated rings. The van der Waals surface area contributed by atoms with Crippen LogP contribution in [0.5, 0.6) is 0 Å². The van der Waals surface area contributed by atoms with Crippen LogP contribution < -0.4 is 5.32 Å². The Hall–Kier alpha value is -2.75. The van der Waals surface area contributed by atoms with E-state index in [0.29, 0.717) is 5.69 Å². The highest BCUT2D eigenvalue weighted by molar-refractivity contribution is 5.95. The summed E-state index contributed by atoms with van der Waals surface area (Å²) in [5.41, 5.74) is 2.17. The second-order valence-electron chi connectivity index (χ2n) is 4.89. The van der Waals surface area contributed by atoms with Crippen molar-refractivity contribution in [2.24, 2.45) is 0 Å². The molecule has 3 rings (SSSR count). The minimum absolute atomic E-state index is 0.0769. The van der Waals surface area contributed by atoms with Crippen LogP contribution in [0, 0.1) is 0 Å². The van der Waals surface area contributed by atoms with E-state index in [-0.39, 0.29) is 11.9 Å². The van der Waals surface area contributed by atoms with Crippen molar-refractivity contribution in [3.05, 3.63) is 71.9 Å². The molecular weight excluding hydrogens is 262 g/mol. The Labute approximate surface area is 122 Å². The van der Waals surface area contributed by atoms with Gasteiger partial charge in [-0.05, 0) is 24.6 Å². The molecule has 0 aliphatic carbocycles. The molecule has 1 aromatic heterocycles. The molecule has 0 bridgehead atoms. The van der Waals surface area contributed by atoms with Gasteiger partial charge in [-0.2, -0.15) is 0 Å². The first-order valence-electron chi connectivity index (χ1n) is 6.82. The Morgan fingerprint density at radius 2 is 1.71 bits per heavy atom. The predicted octanol–water partition coefficient (Wildman–Crippen LogP) is 3.12. The van der Waals surface area contributed by atoms with Crippen molar-refractivity contribution in [1.82, 2.24) is 15.5 Å². The molecule has 21 heavy (non-hydrogen) atoms. The van der Waals surface area contributed by atoms with E-state index in [0.717, 1.165) is 16.5 Å². The van der Waals surface area contributed by atoms with Gasteiger partial charge in [-0.15, -0.1) is 10.2 Å². The molecule has 0 saturated carbocycles. The zero-order chi connectivity index (χ0) is 14.7. The Bertz CT molecular complexity index is 771. The van der Waals surface area contributed by atoms with E-state index in [2.05, 4.69) is 15.5 Å². The highest BCUT2D eigenvalue weighted by Gasteiger charge is 2.13. The maximum absolute atomic E-state index is 12.3. The molecular formula is C17H15N3O. The van der Waals surface area contributed by atoms with Gasteiger partial charge in [-0.1, -0.05) is 48.5 Å². The summed E-state index contributed by atoms with van der Waals surface area (Å²) in [6.45, 7) is 1.95. The van der Waals surface area contributed by atoms with Gasteiger partial charge in [0.2, 0.25) is 0 Å². The van der Waals surface area contributed by atoms with Crippen LogP contribution in [0.25, 0.3) is 10.9 Å². The van der Waals surface area contributed by atoms with Gasteiger partial charge in [0.25, 0.3) is 5.91 Å². The van der Waals surface area contributed by atoms with Gasteiger partial charge in [0.15, 0.2) is 5.69 Å². The summed E-state index contributed by atoms with van der Waals surface area (Å²) in [7, 11) is 0. The monoisotopic (exact) mass is 277 g/mol. The molecule has 0 aliphatic rings. The van der Waals surface area contributed by atoms with Crippen LogP contribution in [0.4, 0.5) is 0 Å². The SMILES string of the molecule is CC(NC(=O)c1cc2ccccc2nn1)c1ccccc1. The minimum atomic E-state index is -0.218. The van der Waals surface area contributed by atoms with Crippen LogP contribution in [-0.2, 0) is 0 Å². The summed E-state index contributed by atoms with van der Waals surface area (Å²) in [5, 5.41) is 11.9. The third kappa shape index (κ3) is 2.89. The van der Waals surface area contributed by atoms with Crippen molar-refractivity contribution in [1.29, 1.82) is 0 Å². The molecule has 0 radical (unpaired) electrons. The Balaban J connectivity index is 1.80. The van der Waals surface area contributed by atoms with Crippen molar-refractivity contribution in [2.45, 2.75) is 13.0 Å². The zero-order valence-electron chi connectivity index (χ0n) is 11.7. The van der Waals surface area contributed by atoms with E-state index in [9.17, 15) is 4.79 Å². The molecule has 104 valence electrons. The van der Waals surface area contributed by atoms with Crippen molar-refractivity contribution < 1.29 is 4.79 Å². The van der Waals surface area contributed by atoms with Crippen molar-refractivity contribution in [3.63, 3.8) is 0 Å². The minimum Gasteiger partial charge on any atom is -0.344 e. The van der Waals surface area contributed by atoms with Crippen LogP contribution in [-0.4, -0.2) is 16.1 Å². The fourth-order valence-electron chi connectivity index (χ4n) is 2.19. The molecule has 0 spiro atoms. The number of fused-ring (bicyclic) bond motifs is 1. The lowest BCUT2D eigenvalue weighted by Crippen LogP contribution is -2.27. The van der Waals surface area contributed by atoms with E-state index in [1.165, 1.54) is 0 Å². The Kier molecular flexibility index (Phi) is 3.60. The number of nitrogens with zero attached hydrogens (tertiary/aromatic N) is 2. The summed E-state index contributed by atoms with van der Waals surface area (Å²) in [4.78, 5) is 12.3. The lowest BCUT2D eigenvalue weighted by atomic mass is 10.1. The van der Waals surface area contributed by atoms with E-state index < -0.39 is 0 Å². The van der Waals surface area contributed by atoms with Gasteiger partial charge >= 0.3 is 0 Å². The number of aromatic nitrogens is 2. The van der Waals surface area contributed by atoms with E-state index in [1.54, 1.807) is 6.07 Å². The predicted molar refractivity (Wildman–Crippen MR) is 81.9 cm³/mol. The number of hydrogen-bond acceptors (Lipinski definition) is 3. The smallest absolute Gasteiger partial charge is 0.272 e. The van der Waals surface area contributed by atoms with E-state index in [1.807, 2.05) is 61.5 Å². The summed E-state index contributed by atoms with van der Waals surface area (Å²) < 4.78 is 0. The molecule has 1 unspecified atom stereocenters. The van der Waals surface area contributed by atoms with Gasteiger partial charge < -0.3 is 5.32 Å². The molecule has 0 saturated heterocycles. The van der Waals surface area contributed by atoms with Crippen molar-refractivity contribution >= 4 is 16.8 Å². The normalized spacial score (nSPS) is 12.0. The average molecular weight is 277 g/mol. The number of carbonyl (C=O) groups is 1. The highest BCUT2D eigenvalue weighted by Crippen LogP contribution is 2.14. The van der Waals surface area contributed by atoms with Gasteiger partial charge in [0, 0.05) is 5.39 Å². The average Bonchev–Trinajstić information content (AvgIpc) is 2.55. The van der Waals surface area contributed by atoms with Crippen LogP contribution >= 0.6 is 0 Å². The van der Waals surface area contributed by atoms with Crippen LogP contribution in [0.2, 0.25) is 0 Å². The zero-order valence-corrected chi connectivity index (χ0v) is 11.7. The summed E-state index contributed by atoms with van der Waals surface area (Å²) in [6, 6.07) is 19.1. The van der Waals surface area contributed by atoms with E-state index >= 15 is 0 Å². The second kappa shape index (κ2) is 5.71. The van der Waals surface area contributed by atoms with Crippen molar-refractivity contribution in [3.8, 4) is 0 Å². The molecule has 0 aliphatic heterocycles. The number of benzene rings is 2. The van der Waals surface area contributed by atoms with Gasteiger partial charge in [0.1, 0.15) is 0 Å². The van der Waals surface area contributed by atoms with Gasteiger partial charge in [-0.25, -0.2) is 0 Å². The molecule has 1 heterocycles. The van der Waals surface area contributed by atoms with E-state index in [4.69, 9.17) is 0 Å². The number of rotatable bonds is 3. The molecule has 3 aromatic rings. The summed E-state index contributed by atoms with van der Waals surface area (Å²) in [6.07, 6.45) is 0. The number of carbonyl (C=O) groups excluding carboxylic acids is 1. The second-order valence-corrected chi connectivity index (χ2v) is 4.89. The highest BCUT2D eigenvalue weighted by atomic mass is 16.2. The fourth-order valence-corrected chi connectivity index (χ4v) is 2.19. The molecule has 1 atom stereocenters. The van der Waals surface area contributed by atoms with Crippen LogP contribution in [0.3, 0.4) is 0 Å². The third-order valence-corrected chi connectivity index (χ3v) is 3.37. The fraction of sp³-hybridized carbons (Fsp3) is 0.118. The van der Waals surface area contributed by atoms with Crippen LogP contribution in [0.15, 0.2) is 60.7 Å². The molecule has 4 heteroatoms. The topological polar surface area (TPSA) is 54.9 Å². The Morgan fingerprint density at radius 1 is 1.00 bits per heavy atom. The van der Waals surface area contributed by atoms with Crippen LogP contribution in [0.1, 0.15) is 29.0 Å². The third-order valence-electron chi connectivity index (χ3n) is 3.37. The lowest BCUT2D eigenvalue weighted by molar-refractivity contribution is 0.0934. The standard InChI is InChI=1S/C17H15N3O/c1-12(13-7-3-2-4-8-13)18-17(21)16-11-14-9-5-6-10-15(14)19-20-16/h2-12H,1H3,(H,18,21). The van der Waals surface area contributed by atoms with Gasteiger partial charge in [0.05, 0.1) is 11.6 Å². The first kappa shape index (κ1) is 13.2. The van der Waals surface area contributed by atoms with Gasteiger partial charge in [-0.3, -0.25) is 4.79 Å². The Morgan fingerprint density at radius 3 is 2.52 bits per heavy atom. The number of hydrogen-bond donors (Lipinski definition) is 1. The first-order chi connectivity index (χ1) is 10.2. The summed E-state index contributed by atoms with van der Waals surface area (Å²) >= 11 is 0. The maximum Gasteiger partial charge on any atom is 0.272 e. The molecule has 4 nitrogen and oxygen atoms in total. The quantitative estimate of drug-likeness (QED) is 0.800. The number of amides is 1. The van der Waals surface area contributed by atoms with Crippen molar-refractivity contribution in [2.75, 3.05) is 0 Å². The largest absolute Gasteiger partial charge is 0.344 e. The summed E-state index contributed by atoms with van der Waals surface area (Å²) in [5.74, 6) is -0.218. The number of nitrogens with one attached hydrogen (secondary N) is 1. The molecule has 1 N–H and O–H groups in total. The maximum atomic E-state index is 12.3. The molecule has 2 aromatic carbocycles. The molecule has 1 amide bonds. The lowest BCUT2D eigenvalue weighted by Gasteiger charge is -2.13. The first-order valence-corrected chi connectivity index (χ1v) is 6.82.